The zero-order chi connectivity index (χ0) is 23.1. The average Bonchev–Trinajstić information content (AvgIpc) is 2.85. The van der Waals surface area contributed by atoms with Crippen molar-refractivity contribution in [2.45, 2.75) is 23.5 Å². The second kappa shape index (κ2) is 10.8. The van der Waals surface area contributed by atoms with Gasteiger partial charge in [-0.3, -0.25) is 0 Å². The molecule has 4 nitrogen and oxygen atoms in total. The summed E-state index contributed by atoms with van der Waals surface area (Å²) in [6.07, 6.45) is 0. The molecule has 0 heterocycles. The summed E-state index contributed by atoms with van der Waals surface area (Å²) < 4.78 is 29.7. The largest absolute Gasteiger partial charge is 0.304 e. The summed E-state index contributed by atoms with van der Waals surface area (Å²) in [4.78, 5) is 0.169. The van der Waals surface area contributed by atoms with E-state index in [2.05, 4.69) is 10.0 Å². The van der Waals surface area contributed by atoms with Crippen molar-refractivity contribution < 1.29 is 8.42 Å². The van der Waals surface area contributed by atoms with Crippen LogP contribution in [0, 0.1) is 0 Å². The molecule has 0 saturated heterocycles. The predicted molar refractivity (Wildman–Crippen MR) is 133 cm³/mol. The number of benzene rings is 4. The topological polar surface area (TPSA) is 58.2 Å². The number of nitrogens with one attached hydrogen (secondary N) is 2. The van der Waals surface area contributed by atoms with E-state index < -0.39 is 16.1 Å². The summed E-state index contributed by atoms with van der Waals surface area (Å²) in [5.41, 5.74) is 2.97. The number of sulfonamides is 1. The fraction of sp³-hybridized carbons (Fsp3) is 0.111. The zero-order valence-corrected chi connectivity index (χ0v) is 19.5. The van der Waals surface area contributed by atoms with Crippen LogP contribution in [0.4, 0.5) is 0 Å². The molecule has 6 heteroatoms. The van der Waals surface area contributed by atoms with Gasteiger partial charge in [-0.2, -0.15) is 0 Å². The molecule has 0 radical (unpaired) electrons. The fourth-order valence-corrected chi connectivity index (χ4v) is 5.11. The van der Waals surface area contributed by atoms with Crippen molar-refractivity contribution in [3.8, 4) is 0 Å². The van der Waals surface area contributed by atoms with E-state index in [4.69, 9.17) is 11.6 Å². The number of hydrogen-bond donors (Lipinski definition) is 2. The van der Waals surface area contributed by atoms with Crippen LogP contribution < -0.4 is 10.0 Å². The minimum absolute atomic E-state index is 0.169. The first-order valence-corrected chi connectivity index (χ1v) is 12.5. The van der Waals surface area contributed by atoms with E-state index in [0.717, 1.165) is 16.7 Å². The molecule has 2 atom stereocenters. The van der Waals surface area contributed by atoms with Crippen LogP contribution in [-0.4, -0.2) is 8.42 Å². The van der Waals surface area contributed by atoms with E-state index in [9.17, 15) is 8.42 Å². The van der Waals surface area contributed by atoms with E-state index in [1.54, 1.807) is 12.1 Å². The van der Waals surface area contributed by atoms with Crippen LogP contribution in [0.25, 0.3) is 0 Å². The molecular formula is C27H25ClN2O2S. The van der Waals surface area contributed by atoms with Crippen molar-refractivity contribution in [1.82, 2.24) is 10.0 Å². The van der Waals surface area contributed by atoms with Gasteiger partial charge in [0.25, 0.3) is 0 Å². The van der Waals surface area contributed by atoms with Crippen molar-refractivity contribution in [3.63, 3.8) is 0 Å². The van der Waals surface area contributed by atoms with Gasteiger partial charge >= 0.3 is 0 Å². The summed E-state index contributed by atoms with van der Waals surface area (Å²) in [5, 5.41) is 4.07. The second-order valence-electron chi connectivity index (χ2n) is 7.72. The Balaban J connectivity index is 1.72. The van der Waals surface area contributed by atoms with Gasteiger partial charge in [-0.15, -0.1) is 0 Å². The smallest absolute Gasteiger partial charge is 0.241 e. The van der Waals surface area contributed by atoms with E-state index in [0.29, 0.717) is 11.6 Å². The quantitative estimate of drug-likeness (QED) is 0.316. The highest BCUT2D eigenvalue weighted by Crippen LogP contribution is 2.31. The van der Waals surface area contributed by atoms with Gasteiger partial charge in [0.15, 0.2) is 0 Å². The summed E-state index contributed by atoms with van der Waals surface area (Å²) in [6, 6.07) is 34.9. The maximum absolute atomic E-state index is 13.4. The first-order valence-electron chi connectivity index (χ1n) is 10.7. The summed E-state index contributed by atoms with van der Waals surface area (Å²) in [7, 11) is -3.81. The maximum atomic E-state index is 13.4. The van der Waals surface area contributed by atoms with Crippen LogP contribution in [0.2, 0.25) is 5.02 Å². The molecule has 168 valence electrons. The highest BCUT2D eigenvalue weighted by atomic mass is 35.5. The molecule has 0 fully saturated rings. The van der Waals surface area contributed by atoms with Gasteiger partial charge in [-0.1, -0.05) is 103 Å². The molecule has 33 heavy (non-hydrogen) atoms. The Bertz CT molecular complexity index is 1250. The minimum atomic E-state index is -3.81. The van der Waals surface area contributed by atoms with Crippen LogP contribution in [-0.2, 0) is 16.6 Å². The lowest BCUT2D eigenvalue weighted by atomic mass is 9.94. The molecule has 2 unspecified atom stereocenters. The van der Waals surface area contributed by atoms with Crippen molar-refractivity contribution in [2.24, 2.45) is 0 Å². The van der Waals surface area contributed by atoms with Gasteiger partial charge in [-0.25, -0.2) is 13.1 Å². The van der Waals surface area contributed by atoms with Crippen molar-refractivity contribution >= 4 is 21.6 Å². The molecule has 0 spiro atoms. The lowest BCUT2D eigenvalue weighted by molar-refractivity contribution is 0.421. The first-order chi connectivity index (χ1) is 16.0. The summed E-state index contributed by atoms with van der Waals surface area (Å²) in [5.74, 6) is 0. The lowest BCUT2D eigenvalue weighted by Crippen LogP contribution is -2.38. The third kappa shape index (κ3) is 6.09. The SMILES string of the molecule is O=S(=O)(NC(c1ccccc1)C(NCc1ccccc1)c1ccccc1)c1ccc(Cl)cc1. The summed E-state index contributed by atoms with van der Waals surface area (Å²) in [6.45, 7) is 0.590. The molecule has 4 aromatic carbocycles. The number of rotatable bonds is 9. The Hall–Kier alpha value is -2.96. The van der Waals surface area contributed by atoms with Crippen LogP contribution in [0.15, 0.2) is 120 Å². The number of hydrogen-bond acceptors (Lipinski definition) is 3. The van der Waals surface area contributed by atoms with Gasteiger partial charge in [0, 0.05) is 11.6 Å². The van der Waals surface area contributed by atoms with E-state index >= 15 is 0 Å². The Morgan fingerprint density at radius 1 is 0.636 bits per heavy atom. The minimum Gasteiger partial charge on any atom is -0.304 e. The van der Waals surface area contributed by atoms with E-state index in [-0.39, 0.29) is 10.9 Å². The predicted octanol–water partition coefficient (Wildman–Crippen LogP) is 5.89. The third-order valence-electron chi connectivity index (χ3n) is 5.43. The molecule has 0 aliphatic carbocycles. The van der Waals surface area contributed by atoms with Gasteiger partial charge in [0.05, 0.1) is 17.0 Å². The Morgan fingerprint density at radius 2 is 1.12 bits per heavy atom. The molecule has 4 aromatic rings. The highest BCUT2D eigenvalue weighted by molar-refractivity contribution is 7.89. The Kier molecular flexibility index (Phi) is 7.57. The van der Waals surface area contributed by atoms with Crippen LogP contribution in [0.3, 0.4) is 0 Å². The van der Waals surface area contributed by atoms with Gasteiger partial charge in [0.1, 0.15) is 0 Å². The molecule has 0 bridgehead atoms. The fourth-order valence-electron chi connectivity index (χ4n) is 3.75. The molecule has 0 aromatic heterocycles. The van der Waals surface area contributed by atoms with Crippen LogP contribution in [0.5, 0.6) is 0 Å². The van der Waals surface area contributed by atoms with E-state index in [1.807, 2.05) is 91.0 Å². The highest BCUT2D eigenvalue weighted by Gasteiger charge is 2.29. The molecule has 0 aliphatic rings. The molecule has 0 saturated carbocycles. The normalized spacial score (nSPS) is 13.4. The average molecular weight is 477 g/mol. The Labute approximate surface area is 200 Å². The van der Waals surface area contributed by atoms with Crippen molar-refractivity contribution in [3.05, 3.63) is 137 Å². The van der Waals surface area contributed by atoms with Crippen LogP contribution >= 0.6 is 11.6 Å². The molecule has 2 N–H and O–H groups in total. The molecule has 4 rings (SSSR count). The van der Waals surface area contributed by atoms with Gasteiger partial charge < -0.3 is 5.32 Å². The van der Waals surface area contributed by atoms with E-state index in [1.165, 1.54) is 12.1 Å². The molecular weight excluding hydrogens is 452 g/mol. The van der Waals surface area contributed by atoms with Gasteiger partial charge in [0.2, 0.25) is 10.0 Å². The Morgan fingerprint density at radius 3 is 1.67 bits per heavy atom. The second-order valence-corrected chi connectivity index (χ2v) is 9.87. The lowest BCUT2D eigenvalue weighted by Gasteiger charge is -2.30. The van der Waals surface area contributed by atoms with Crippen molar-refractivity contribution in [2.75, 3.05) is 0 Å². The van der Waals surface area contributed by atoms with Crippen molar-refractivity contribution in [1.29, 1.82) is 0 Å². The molecule has 0 amide bonds. The maximum Gasteiger partial charge on any atom is 0.241 e. The number of halogens is 1. The standard InChI is InChI=1S/C27H25ClN2O2S/c28-24-16-18-25(19-17-24)33(31,32)30-27(23-14-8-3-9-15-23)26(22-12-6-2-7-13-22)29-20-21-10-4-1-5-11-21/h1-19,26-27,29-30H,20H2. The molecule has 0 aliphatic heterocycles. The first kappa shape index (κ1) is 23.2. The summed E-state index contributed by atoms with van der Waals surface area (Å²) >= 11 is 5.97. The zero-order valence-electron chi connectivity index (χ0n) is 17.9. The monoisotopic (exact) mass is 476 g/mol. The third-order valence-corrected chi connectivity index (χ3v) is 7.13. The van der Waals surface area contributed by atoms with Crippen LogP contribution in [0.1, 0.15) is 28.8 Å². The van der Waals surface area contributed by atoms with Gasteiger partial charge in [-0.05, 0) is 41.0 Å².